The van der Waals surface area contributed by atoms with Crippen LogP contribution in [0.4, 0.5) is 5.13 Å². The molecule has 106 valence electrons. The lowest BCUT2D eigenvalue weighted by atomic mass is 10.2. The van der Waals surface area contributed by atoms with Crippen LogP contribution >= 0.6 is 11.3 Å². The highest BCUT2D eigenvalue weighted by Crippen LogP contribution is 2.33. The van der Waals surface area contributed by atoms with Crippen LogP contribution in [0.5, 0.6) is 0 Å². The standard InChI is InChI=1S/C13H21N3O2S/c1-3-10(7-17)14-6-11-8-19-13(15-11)16(9(2)18)12-4-5-12/h8,10,12,14,17H,3-7H2,1-2H3. The monoisotopic (exact) mass is 283 g/mol. The van der Waals surface area contributed by atoms with Crippen molar-refractivity contribution in [2.24, 2.45) is 0 Å². The second kappa shape index (κ2) is 6.45. The van der Waals surface area contributed by atoms with Crippen LogP contribution < -0.4 is 10.2 Å². The number of nitrogens with one attached hydrogen (secondary N) is 1. The fraction of sp³-hybridized carbons (Fsp3) is 0.692. The maximum atomic E-state index is 11.6. The molecular formula is C13H21N3O2S. The van der Waals surface area contributed by atoms with Gasteiger partial charge in [0.05, 0.1) is 12.3 Å². The summed E-state index contributed by atoms with van der Waals surface area (Å²) in [6, 6.07) is 0.461. The average molecular weight is 283 g/mol. The van der Waals surface area contributed by atoms with E-state index in [9.17, 15) is 4.79 Å². The molecule has 0 aliphatic heterocycles. The molecule has 0 aromatic carbocycles. The fourth-order valence-corrected chi connectivity index (χ4v) is 2.89. The Hall–Kier alpha value is -0.980. The first-order valence-corrected chi connectivity index (χ1v) is 7.62. The largest absolute Gasteiger partial charge is 0.395 e. The number of hydrogen-bond acceptors (Lipinski definition) is 5. The van der Waals surface area contributed by atoms with Crippen LogP contribution in [0.1, 0.15) is 38.8 Å². The maximum Gasteiger partial charge on any atom is 0.225 e. The molecule has 1 aromatic heterocycles. The van der Waals surface area contributed by atoms with Gasteiger partial charge in [0.25, 0.3) is 0 Å². The predicted octanol–water partition coefficient (Wildman–Crippen LogP) is 1.52. The fourth-order valence-electron chi connectivity index (χ4n) is 1.96. The molecule has 1 heterocycles. The van der Waals surface area contributed by atoms with Crippen LogP contribution in [0.25, 0.3) is 0 Å². The Bertz CT molecular complexity index is 427. The van der Waals surface area contributed by atoms with Crippen LogP contribution in [0.3, 0.4) is 0 Å². The topological polar surface area (TPSA) is 65.5 Å². The number of thiazole rings is 1. The summed E-state index contributed by atoms with van der Waals surface area (Å²) in [4.78, 5) is 18.0. The molecule has 2 rings (SSSR count). The minimum absolute atomic E-state index is 0.0677. The first-order valence-electron chi connectivity index (χ1n) is 6.74. The number of aliphatic hydroxyl groups is 1. The Morgan fingerprint density at radius 2 is 2.42 bits per heavy atom. The minimum Gasteiger partial charge on any atom is -0.395 e. The Labute approximate surface area is 117 Å². The van der Waals surface area contributed by atoms with Gasteiger partial charge in [-0.3, -0.25) is 9.69 Å². The number of aromatic nitrogens is 1. The third-order valence-electron chi connectivity index (χ3n) is 3.28. The van der Waals surface area contributed by atoms with Gasteiger partial charge in [-0.1, -0.05) is 6.92 Å². The van der Waals surface area contributed by atoms with Crippen molar-refractivity contribution in [1.29, 1.82) is 0 Å². The number of rotatable bonds is 7. The van der Waals surface area contributed by atoms with Crippen LogP contribution in [0, 0.1) is 0 Å². The number of carbonyl (C=O) groups excluding carboxylic acids is 1. The van der Waals surface area contributed by atoms with Gasteiger partial charge in [0, 0.05) is 30.9 Å². The Morgan fingerprint density at radius 3 is 2.95 bits per heavy atom. The van der Waals surface area contributed by atoms with E-state index < -0.39 is 0 Å². The lowest BCUT2D eigenvalue weighted by Gasteiger charge is -2.16. The SMILES string of the molecule is CCC(CO)NCc1csc(N(C(C)=O)C2CC2)n1. The highest BCUT2D eigenvalue weighted by Gasteiger charge is 2.33. The lowest BCUT2D eigenvalue weighted by Crippen LogP contribution is -2.32. The smallest absolute Gasteiger partial charge is 0.225 e. The summed E-state index contributed by atoms with van der Waals surface area (Å²) in [5.41, 5.74) is 0.929. The van der Waals surface area contributed by atoms with E-state index >= 15 is 0 Å². The average Bonchev–Trinajstić information content (AvgIpc) is 3.10. The van der Waals surface area contributed by atoms with Crippen molar-refractivity contribution in [3.8, 4) is 0 Å². The molecule has 1 fully saturated rings. The summed E-state index contributed by atoms with van der Waals surface area (Å²) in [5.74, 6) is 0.0677. The third-order valence-corrected chi connectivity index (χ3v) is 4.17. The van der Waals surface area contributed by atoms with E-state index in [1.54, 1.807) is 11.8 Å². The molecule has 1 aliphatic rings. The van der Waals surface area contributed by atoms with E-state index in [2.05, 4.69) is 10.3 Å². The number of aliphatic hydroxyl groups excluding tert-OH is 1. The highest BCUT2D eigenvalue weighted by molar-refractivity contribution is 7.14. The summed E-state index contributed by atoms with van der Waals surface area (Å²) in [5, 5.41) is 15.1. The van der Waals surface area contributed by atoms with Crippen molar-refractivity contribution in [3.63, 3.8) is 0 Å². The molecule has 6 heteroatoms. The van der Waals surface area contributed by atoms with Crippen molar-refractivity contribution < 1.29 is 9.90 Å². The first-order chi connectivity index (χ1) is 9.15. The molecule has 1 saturated carbocycles. The van der Waals surface area contributed by atoms with E-state index in [0.717, 1.165) is 30.1 Å². The summed E-state index contributed by atoms with van der Waals surface area (Å²) in [7, 11) is 0. The molecule has 5 nitrogen and oxygen atoms in total. The van der Waals surface area contributed by atoms with Crippen molar-refractivity contribution in [3.05, 3.63) is 11.1 Å². The van der Waals surface area contributed by atoms with Crippen molar-refractivity contribution in [2.75, 3.05) is 11.5 Å². The lowest BCUT2D eigenvalue weighted by molar-refractivity contribution is -0.116. The molecule has 2 N–H and O–H groups in total. The van der Waals surface area contributed by atoms with Gasteiger partial charge in [-0.2, -0.15) is 0 Å². The first kappa shape index (κ1) is 14.4. The zero-order chi connectivity index (χ0) is 13.8. The van der Waals surface area contributed by atoms with Gasteiger partial charge in [0.2, 0.25) is 5.91 Å². The number of hydrogen-bond donors (Lipinski definition) is 2. The Morgan fingerprint density at radius 1 is 1.68 bits per heavy atom. The van der Waals surface area contributed by atoms with Crippen LogP contribution in [0.15, 0.2) is 5.38 Å². The van der Waals surface area contributed by atoms with E-state index in [4.69, 9.17) is 5.11 Å². The normalized spacial score (nSPS) is 16.4. The van der Waals surface area contributed by atoms with E-state index in [0.29, 0.717) is 12.6 Å². The number of carbonyl (C=O) groups is 1. The van der Waals surface area contributed by atoms with Gasteiger partial charge in [-0.25, -0.2) is 4.98 Å². The van der Waals surface area contributed by atoms with Gasteiger partial charge in [-0.05, 0) is 19.3 Å². The van der Waals surface area contributed by atoms with Crippen LogP contribution in [0.2, 0.25) is 0 Å². The number of nitrogens with zero attached hydrogens (tertiary/aromatic N) is 2. The van der Waals surface area contributed by atoms with Gasteiger partial charge in [-0.15, -0.1) is 11.3 Å². The summed E-state index contributed by atoms with van der Waals surface area (Å²) in [6.07, 6.45) is 3.04. The molecule has 0 radical (unpaired) electrons. The van der Waals surface area contributed by atoms with Crippen LogP contribution in [-0.2, 0) is 11.3 Å². The van der Waals surface area contributed by atoms with Gasteiger partial charge >= 0.3 is 0 Å². The maximum absolute atomic E-state index is 11.6. The Balaban J connectivity index is 1.96. The zero-order valence-corrected chi connectivity index (χ0v) is 12.2. The van der Waals surface area contributed by atoms with E-state index in [1.807, 2.05) is 12.3 Å². The number of amides is 1. The second-order valence-electron chi connectivity index (χ2n) is 4.91. The van der Waals surface area contributed by atoms with E-state index in [-0.39, 0.29) is 18.6 Å². The molecule has 0 saturated heterocycles. The molecular weight excluding hydrogens is 262 g/mol. The van der Waals surface area contributed by atoms with Crippen molar-refractivity contribution in [2.45, 2.75) is 51.7 Å². The molecule has 1 aromatic rings. The Kier molecular flexibility index (Phi) is 4.90. The molecule has 1 aliphatic carbocycles. The molecule has 1 amide bonds. The zero-order valence-electron chi connectivity index (χ0n) is 11.4. The van der Waals surface area contributed by atoms with Gasteiger partial charge in [0.15, 0.2) is 5.13 Å². The van der Waals surface area contributed by atoms with Crippen molar-refractivity contribution >= 4 is 22.4 Å². The summed E-state index contributed by atoms with van der Waals surface area (Å²) >= 11 is 1.51. The molecule has 0 spiro atoms. The minimum atomic E-state index is 0.0677. The molecule has 1 atom stereocenters. The van der Waals surface area contributed by atoms with Gasteiger partial charge < -0.3 is 10.4 Å². The summed E-state index contributed by atoms with van der Waals surface area (Å²) < 4.78 is 0. The summed E-state index contributed by atoms with van der Waals surface area (Å²) in [6.45, 7) is 4.39. The van der Waals surface area contributed by atoms with Crippen LogP contribution in [-0.4, -0.2) is 34.7 Å². The third kappa shape index (κ3) is 3.75. The van der Waals surface area contributed by atoms with E-state index in [1.165, 1.54) is 11.3 Å². The van der Waals surface area contributed by atoms with Crippen molar-refractivity contribution in [1.82, 2.24) is 10.3 Å². The quantitative estimate of drug-likeness (QED) is 0.796. The van der Waals surface area contributed by atoms with Gasteiger partial charge in [0.1, 0.15) is 0 Å². The second-order valence-corrected chi connectivity index (χ2v) is 5.75. The highest BCUT2D eigenvalue weighted by atomic mass is 32.1. The molecule has 1 unspecified atom stereocenters. The predicted molar refractivity (Wildman–Crippen MR) is 76.3 cm³/mol. The number of anilines is 1. The molecule has 0 bridgehead atoms. The molecule has 19 heavy (non-hydrogen) atoms.